The van der Waals surface area contributed by atoms with Crippen molar-refractivity contribution in [2.24, 2.45) is 0 Å². The Labute approximate surface area is 76.5 Å². The maximum Gasteiger partial charge on any atom is 0.271 e. The molecule has 4 heteroatoms. The van der Waals surface area contributed by atoms with E-state index in [2.05, 4.69) is 0 Å². The molecule has 0 saturated carbocycles. The van der Waals surface area contributed by atoms with E-state index in [0.717, 1.165) is 5.70 Å². The van der Waals surface area contributed by atoms with Crippen LogP contribution >= 0.6 is 0 Å². The Morgan fingerprint density at radius 1 is 1.62 bits per heavy atom. The fourth-order valence-electron chi connectivity index (χ4n) is 1.24. The third-order valence-electron chi connectivity index (χ3n) is 1.97. The van der Waals surface area contributed by atoms with Gasteiger partial charge in [0, 0.05) is 25.6 Å². The van der Waals surface area contributed by atoms with E-state index in [0.29, 0.717) is 19.6 Å². The summed E-state index contributed by atoms with van der Waals surface area (Å²) in [7, 11) is 1.78. The predicted molar refractivity (Wildman–Crippen MR) is 46.2 cm³/mol. The third-order valence-corrected chi connectivity index (χ3v) is 1.97. The molecule has 0 aromatic heterocycles. The Hall–Kier alpha value is -1.06. The van der Waals surface area contributed by atoms with Crippen LogP contribution in [0, 0.1) is 0 Å². The molecule has 0 aromatic carbocycles. The fraction of sp³-hybridized carbons (Fsp3) is 0.556. The molecular formula is C9H13F2NO. The number of hydrogen-bond donors (Lipinski definition) is 0. The van der Waals surface area contributed by atoms with Gasteiger partial charge in [-0.1, -0.05) is 0 Å². The van der Waals surface area contributed by atoms with Gasteiger partial charge in [0.15, 0.2) is 0 Å². The van der Waals surface area contributed by atoms with Gasteiger partial charge in [0.1, 0.15) is 6.26 Å². The number of likely N-dealkylation sites (tertiary alicyclic amines) is 1. The molecule has 74 valence electrons. The second-order valence-electron chi connectivity index (χ2n) is 2.96. The largest absolute Gasteiger partial charge is 0.500 e. The lowest BCUT2D eigenvalue weighted by Gasteiger charge is -2.10. The Morgan fingerprint density at radius 2 is 2.31 bits per heavy atom. The lowest BCUT2D eigenvalue weighted by Crippen LogP contribution is -2.10. The van der Waals surface area contributed by atoms with Crippen LogP contribution in [0.4, 0.5) is 8.78 Å². The van der Waals surface area contributed by atoms with Crippen LogP contribution in [-0.4, -0.2) is 25.1 Å². The monoisotopic (exact) mass is 189 g/mol. The van der Waals surface area contributed by atoms with Crippen LogP contribution in [0.15, 0.2) is 23.6 Å². The zero-order valence-electron chi connectivity index (χ0n) is 7.81. The van der Waals surface area contributed by atoms with Crippen molar-refractivity contribution in [3.8, 4) is 0 Å². The molecule has 0 N–H and O–H groups in total. The molecule has 1 fully saturated rings. The first-order valence-corrected chi connectivity index (χ1v) is 4.20. The van der Waals surface area contributed by atoms with Crippen LogP contribution in [0.25, 0.3) is 0 Å². The molecular weight excluding hydrogens is 176 g/mol. The summed E-state index contributed by atoms with van der Waals surface area (Å²) in [6, 6.07) is 0. The third kappa shape index (κ3) is 2.44. The van der Waals surface area contributed by atoms with Gasteiger partial charge in [-0.25, -0.2) is 0 Å². The highest BCUT2D eigenvalue weighted by Crippen LogP contribution is 2.27. The summed E-state index contributed by atoms with van der Waals surface area (Å²) in [5.41, 5.74) is 0.998. The van der Waals surface area contributed by atoms with Gasteiger partial charge in [-0.15, -0.1) is 0 Å². The van der Waals surface area contributed by atoms with Crippen molar-refractivity contribution in [1.29, 1.82) is 0 Å². The fourth-order valence-corrected chi connectivity index (χ4v) is 1.24. The van der Waals surface area contributed by atoms with E-state index in [1.165, 1.54) is 0 Å². The number of halogens is 2. The van der Waals surface area contributed by atoms with Crippen LogP contribution in [-0.2, 0) is 4.74 Å². The average molecular weight is 189 g/mol. The van der Waals surface area contributed by atoms with Crippen LogP contribution in [0.5, 0.6) is 0 Å². The van der Waals surface area contributed by atoms with Crippen molar-refractivity contribution < 1.29 is 13.5 Å². The molecule has 0 atom stereocenters. The lowest BCUT2D eigenvalue weighted by atomic mass is 10.2. The molecule has 1 saturated heterocycles. The number of rotatable bonds is 2. The van der Waals surface area contributed by atoms with Crippen molar-refractivity contribution in [3.05, 3.63) is 23.6 Å². The van der Waals surface area contributed by atoms with Gasteiger partial charge in [-0.2, -0.15) is 8.78 Å². The normalized spacial score (nSPS) is 19.8. The minimum absolute atomic E-state index is 0.188. The van der Waals surface area contributed by atoms with Crippen molar-refractivity contribution in [3.63, 3.8) is 0 Å². The van der Waals surface area contributed by atoms with Gasteiger partial charge in [0.2, 0.25) is 0 Å². The summed E-state index contributed by atoms with van der Waals surface area (Å²) in [5, 5.41) is 0. The molecule has 0 spiro atoms. The molecule has 0 amide bonds. The van der Waals surface area contributed by atoms with Crippen molar-refractivity contribution in [2.45, 2.75) is 13.3 Å². The molecule has 0 unspecified atom stereocenters. The maximum atomic E-state index is 12.2. The Kier molecular flexibility index (Phi) is 3.28. The standard InChI is InChI=1S/C9H13F2NO/c1-3-13-6-8-4-7(9(10)11)5-12(8)2/h6H,3-5H2,1-2H3/b8-6+. The molecule has 1 aliphatic rings. The number of nitrogens with zero attached hydrogens (tertiary/aromatic N) is 1. The summed E-state index contributed by atoms with van der Waals surface area (Å²) in [6.45, 7) is 2.73. The van der Waals surface area contributed by atoms with Crippen molar-refractivity contribution in [1.82, 2.24) is 4.90 Å². The van der Waals surface area contributed by atoms with E-state index in [-0.39, 0.29) is 5.57 Å². The van der Waals surface area contributed by atoms with Crippen molar-refractivity contribution in [2.75, 3.05) is 20.2 Å². The molecule has 2 nitrogen and oxygen atoms in total. The predicted octanol–water partition coefficient (Wildman–Crippen LogP) is 2.35. The highest BCUT2D eigenvalue weighted by molar-refractivity contribution is 5.22. The maximum absolute atomic E-state index is 12.2. The second kappa shape index (κ2) is 4.25. The molecule has 13 heavy (non-hydrogen) atoms. The smallest absolute Gasteiger partial charge is 0.271 e. The highest BCUT2D eigenvalue weighted by Gasteiger charge is 2.21. The second-order valence-corrected chi connectivity index (χ2v) is 2.96. The summed E-state index contributed by atoms with van der Waals surface area (Å²) in [4.78, 5) is 1.77. The zero-order chi connectivity index (χ0) is 9.84. The van der Waals surface area contributed by atoms with Crippen LogP contribution in [0.2, 0.25) is 0 Å². The average Bonchev–Trinajstić information content (AvgIpc) is 2.44. The number of likely N-dealkylation sites (N-methyl/N-ethyl adjacent to an activating group) is 1. The van der Waals surface area contributed by atoms with Gasteiger partial charge < -0.3 is 9.64 Å². The van der Waals surface area contributed by atoms with Gasteiger partial charge >= 0.3 is 0 Å². The number of ether oxygens (including phenoxy) is 1. The number of hydrogen-bond acceptors (Lipinski definition) is 2. The van der Waals surface area contributed by atoms with E-state index in [9.17, 15) is 8.78 Å². The Morgan fingerprint density at radius 3 is 2.77 bits per heavy atom. The molecule has 0 aliphatic carbocycles. The summed E-state index contributed by atoms with van der Waals surface area (Å²) in [6.07, 6.45) is 0.293. The first kappa shape index (κ1) is 10.0. The zero-order valence-corrected chi connectivity index (χ0v) is 7.81. The van der Waals surface area contributed by atoms with Crippen LogP contribution in [0.3, 0.4) is 0 Å². The first-order valence-electron chi connectivity index (χ1n) is 4.20. The molecule has 1 aliphatic heterocycles. The minimum atomic E-state index is -1.56. The number of allylic oxidation sites excluding steroid dienone is 1. The van der Waals surface area contributed by atoms with Crippen LogP contribution < -0.4 is 0 Å². The molecule has 0 radical (unpaired) electrons. The van der Waals surface area contributed by atoms with Crippen LogP contribution in [0.1, 0.15) is 13.3 Å². The van der Waals surface area contributed by atoms with E-state index in [4.69, 9.17) is 4.74 Å². The van der Waals surface area contributed by atoms with Crippen molar-refractivity contribution >= 4 is 0 Å². The summed E-state index contributed by atoms with van der Waals surface area (Å²) in [5.74, 6) is 0. The van der Waals surface area contributed by atoms with Gasteiger partial charge in [-0.05, 0) is 6.92 Å². The van der Waals surface area contributed by atoms with Gasteiger partial charge in [-0.3, -0.25) is 0 Å². The topological polar surface area (TPSA) is 12.5 Å². The Bertz CT molecular complexity index is 244. The lowest BCUT2D eigenvalue weighted by molar-refractivity contribution is 0.257. The summed E-state index contributed by atoms with van der Waals surface area (Å²) >= 11 is 0. The van der Waals surface area contributed by atoms with E-state index >= 15 is 0 Å². The quantitative estimate of drug-likeness (QED) is 0.618. The van der Waals surface area contributed by atoms with E-state index in [1.807, 2.05) is 6.92 Å². The molecule has 0 bridgehead atoms. The molecule has 0 aromatic rings. The van der Waals surface area contributed by atoms with E-state index < -0.39 is 6.08 Å². The minimum Gasteiger partial charge on any atom is -0.500 e. The van der Waals surface area contributed by atoms with Gasteiger partial charge in [0.25, 0.3) is 6.08 Å². The Balaban J connectivity index is 2.67. The molecule has 1 heterocycles. The highest BCUT2D eigenvalue weighted by atomic mass is 19.3. The van der Waals surface area contributed by atoms with E-state index in [1.54, 1.807) is 18.2 Å². The summed E-state index contributed by atoms with van der Waals surface area (Å²) < 4.78 is 29.4. The first-order chi connectivity index (χ1) is 6.15. The molecule has 1 rings (SSSR count). The van der Waals surface area contributed by atoms with Gasteiger partial charge in [0.05, 0.1) is 12.3 Å². The SMILES string of the molecule is CCO/C=C1\CC(=C(F)F)CN1C.